The van der Waals surface area contributed by atoms with Crippen molar-refractivity contribution in [2.75, 3.05) is 25.5 Å². The van der Waals surface area contributed by atoms with Gasteiger partial charge in [0.15, 0.2) is 0 Å². The molecule has 2 heterocycles. The first-order valence-electron chi connectivity index (χ1n) is 5.33. The van der Waals surface area contributed by atoms with Gasteiger partial charge in [0.1, 0.15) is 5.82 Å². The number of amides is 1. The third kappa shape index (κ3) is 2.70. The highest BCUT2D eigenvalue weighted by Gasteiger charge is 2.16. The van der Waals surface area contributed by atoms with E-state index in [1.54, 1.807) is 12.1 Å². The molecule has 1 aliphatic heterocycles. The number of carbonyl (C=O) groups excluding carboxylic acids is 1. The third-order valence-corrected chi connectivity index (χ3v) is 2.62. The highest BCUT2D eigenvalue weighted by atomic mass is 16.5. The van der Waals surface area contributed by atoms with Crippen molar-refractivity contribution in [1.82, 2.24) is 10.3 Å². The van der Waals surface area contributed by atoms with Crippen molar-refractivity contribution in [3.05, 3.63) is 23.9 Å². The molecule has 3 N–H and O–H groups in total. The highest BCUT2D eigenvalue weighted by molar-refractivity contribution is 5.93. The third-order valence-electron chi connectivity index (χ3n) is 2.62. The molecule has 1 unspecified atom stereocenters. The van der Waals surface area contributed by atoms with Crippen LogP contribution in [0.3, 0.4) is 0 Å². The fraction of sp³-hybridized carbons (Fsp3) is 0.455. The lowest BCUT2D eigenvalue weighted by molar-refractivity contribution is 0.0944. The summed E-state index contributed by atoms with van der Waals surface area (Å²) in [6.45, 7) is 2.19. The predicted molar refractivity (Wildman–Crippen MR) is 59.9 cm³/mol. The Morgan fingerprint density at radius 3 is 3.12 bits per heavy atom. The van der Waals surface area contributed by atoms with Gasteiger partial charge in [-0.1, -0.05) is 0 Å². The molecule has 86 valence electrons. The number of hydrogen-bond acceptors (Lipinski definition) is 4. The second-order valence-corrected chi connectivity index (χ2v) is 3.91. The summed E-state index contributed by atoms with van der Waals surface area (Å²) in [6.07, 6.45) is 2.50. The van der Waals surface area contributed by atoms with Gasteiger partial charge in [-0.15, -0.1) is 0 Å². The Morgan fingerprint density at radius 2 is 2.50 bits per heavy atom. The molecule has 1 saturated heterocycles. The van der Waals surface area contributed by atoms with Crippen molar-refractivity contribution < 1.29 is 9.53 Å². The molecule has 1 fully saturated rings. The van der Waals surface area contributed by atoms with Crippen molar-refractivity contribution in [2.24, 2.45) is 5.92 Å². The normalized spacial score (nSPS) is 19.6. The van der Waals surface area contributed by atoms with Crippen LogP contribution in [0.25, 0.3) is 0 Å². The Balaban J connectivity index is 1.85. The molecule has 5 heteroatoms. The lowest BCUT2D eigenvalue weighted by Gasteiger charge is -2.09. The first-order chi connectivity index (χ1) is 7.75. The molecule has 1 aromatic heterocycles. The van der Waals surface area contributed by atoms with Crippen LogP contribution < -0.4 is 11.1 Å². The number of rotatable bonds is 3. The average molecular weight is 221 g/mol. The molecule has 2 rings (SSSR count). The van der Waals surface area contributed by atoms with E-state index in [0.29, 0.717) is 23.8 Å². The number of pyridine rings is 1. The van der Waals surface area contributed by atoms with E-state index in [0.717, 1.165) is 19.6 Å². The molecule has 0 saturated carbocycles. The van der Waals surface area contributed by atoms with E-state index in [1.807, 2.05) is 0 Å². The van der Waals surface area contributed by atoms with Crippen molar-refractivity contribution in [3.8, 4) is 0 Å². The monoisotopic (exact) mass is 221 g/mol. The highest BCUT2D eigenvalue weighted by Crippen LogP contribution is 2.11. The van der Waals surface area contributed by atoms with Crippen LogP contribution in [0.5, 0.6) is 0 Å². The van der Waals surface area contributed by atoms with Crippen molar-refractivity contribution in [3.63, 3.8) is 0 Å². The number of carbonyl (C=O) groups is 1. The van der Waals surface area contributed by atoms with Crippen LogP contribution in [0.15, 0.2) is 18.3 Å². The summed E-state index contributed by atoms with van der Waals surface area (Å²) in [4.78, 5) is 15.6. The lowest BCUT2D eigenvalue weighted by Crippen LogP contribution is -2.29. The Labute approximate surface area is 94.0 Å². The predicted octanol–water partition coefficient (Wildman–Crippen LogP) is 0.430. The van der Waals surface area contributed by atoms with Crippen molar-refractivity contribution in [1.29, 1.82) is 0 Å². The molecule has 1 atom stereocenters. The van der Waals surface area contributed by atoms with E-state index in [-0.39, 0.29) is 5.91 Å². The summed E-state index contributed by atoms with van der Waals surface area (Å²) >= 11 is 0. The van der Waals surface area contributed by atoms with Gasteiger partial charge in [0.05, 0.1) is 12.2 Å². The maximum atomic E-state index is 11.7. The minimum atomic E-state index is -0.112. The number of aromatic nitrogens is 1. The topological polar surface area (TPSA) is 77.2 Å². The van der Waals surface area contributed by atoms with Gasteiger partial charge in [-0.05, 0) is 18.6 Å². The summed E-state index contributed by atoms with van der Waals surface area (Å²) < 4.78 is 5.23. The number of nitrogens with zero attached hydrogens (tertiary/aromatic N) is 1. The van der Waals surface area contributed by atoms with E-state index in [4.69, 9.17) is 10.5 Å². The maximum absolute atomic E-state index is 11.7. The smallest absolute Gasteiger partial charge is 0.252 e. The Bertz CT molecular complexity index is 358. The van der Waals surface area contributed by atoms with E-state index in [2.05, 4.69) is 10.3 Å². The first kappa shape index (κ1) is 10.9. The molecule has 1 aromatic rings. The van der Waals surface area contributed by atoms with E-state index in [9.17, 15) is 4.79 Å². The number of nitrogens with one attached hydrogen (secondary N) is 1. The number of nitrogen functional groups attached to an aromatic ring is 1. The molecule has 0 aliphatic carbocycles. The van der Waals surface area contributed by atoms with Gasteiger partial charge in [-0.3, -0.25) is 4.79 Å². The fourth-order valence-electron chi connectivity index (χ4n) is 1.62. The standard InChI is InChI=1S/C11H15N3O2/c12-10-2-1-9(6-13-10)11(15)14-5-8-3-4-16-7-8/h1-2,6,8H,3-5,7H2,(H2,12,13)(H,14,15). The summed E-state index contributed by atoms with van der Waals surface area (Å²) in [5.74, 6) is 0.742. The van der Waals surface area contributed by atoms with Crippen molar-refractivity contribution in [2.45, 2.75) is 6.42 Å². The molecule has 16 heavy (non-hydrogen) atoms. The van der Waals surface area contributed by atoms with Gasteiger partial charge in [0, 0.05) is 25.3 Å². The average Bonchev–Trinajstić information content (AvgIpc) is 2.80. The Kier molecular flexibility index (Phi) is 3.36. The van der Waals surface area contributed by atoms with E-state index < -0.39 is 0 Å². The number of ether oxygens (including phenoxy) is 1. The zero-order valence-electron chi connectivity index (χ0n) is 8.98. The zero-order chi connectivity index (χ0) is 11.4. The molecule has 0 radical (unpaired) electrons. The second kappa shape index (κ2) is 4.94. The molecule has 0 bridgehead atoms. The summed E-state index contributed by atoms with van der Waals surface area (Å²) in [5, 5.41) is 2.86. The van der Waals surface area contributed by atoms with Crippen LogP contribution in [-0.4, -0.2) is 30.6 Å². The minimum Gasteiger partial charge on any atom is -0.384 e. The second-order valence-electron chi connectivity index (χ2n) is 3.91. The fourth-order valence-corrected chi connectivity index (χ4v) is 1.62. The number of hydrogen-bond donors (Lipinski definition) is 2. The van der Waals surface area contributed by atoms with Crippen LogP contribution in [0, 0.1) is 5.92 Å². The van der Waals surface area contributed by atoms with Crippen LogP contribution in [0.4, 0.5) is 5.82 Å². The lowest BCUT2D eigenvalue weighted by atomic mass is 10.1. The first-order valence-corrected chi connectivity index (χ1v) is 5.33. The summed E-state index contributed by atoms with van der Waals surface area (Å²) in [5.41, 5.74) is 5.98. The van der Waals surface area contributed by atoms with Gasteiger partial charge in [-0.2, -0.15) is 0 Å². The molecular weight excluding hydrogens is 206 g/mol. The minimum absolute atomic E-state index is 0.112. The van der Waals surface area contributed by atoms with E-state index >= 15 is 0 Å². The molecular formula is C11H15N3O2. The number of nitrogens with two attached hydrogens (primary N) is 1. The van der Waals surface area contributed by atoms with Gasteiger partial charge in [-0.25, -0.2) is 4.98 Å². The molecule has 0 aromatic carbocycles. The van der Waals surface area contributed by atoms with Crippen LogP contribution in [0.1, 0.15) is 16.8 Å². The van der Waals surface area contributed by atoms with E-state index in [1.165, 1.54) is 6.20 Å². The number of anilines is 1. The van der Waals surface area contributed by atoms with Gasteiger partial charge >= 0.3 is 0 Å². The van der Waals surface area contributed by atoms with Crippen molar-refractivity contribution >= 4 is 11.7 Å². The molecule has 0 spiro atoms. The Hall–Kier alpha value is -1.62. The zero-order valence-corrected chi connectivity index (χ0v) is 8.98. The Morgan fingerprint density at radius 1 is 1.62 bits per heavy atom. The van der Waals surface area contributed by atoms with Gasteiger partial charge < -0.3 is 15.8 Å². The van der Waals surface area contributed by atoms with Gasteiger partial charge in [0.2, 0.25) is 0 Å². The summed E-state index contributed by atoms with van der Waals surface area (Å²) in [6, 6.07) is 3.29. The largest absolute Gasteiger partial charge is 0.384 e. The van der Waals surface area contributed by atoms with Crippen LogP contribution >= 0.6 is 0 Å². The summed E-state index contributed by atoms with van der Waals surface area (Å²) in [7, 11) is 0. The molecule has 1 aliphatic rings. The van der Waals surface area contributed by atoms with Crippen LogP contribution in [0.2, 0.25) is 0 Å². The molecule has 1 amide bonds. The molecule has 5 nitrogen and oxygen atoms in total. The SMILES string of the molecule is Nc1ccc(C(=O)NCC2CCOC2)cn1. The van der Waals surface area contributed by atoms with Gasteiger partial charge in [0.25, 0.3) is 5.91 Å². The quantitative estimate of drug-likeness (QED) is 0.776. The van der Waals surface area contributed by atoms with Crippen LogP contribution in [-0.2, 0) is 4.74 Å². The maximum Gasteiger partial charge on any atom is 0.252 e.